The van der Waals surface area contributed by atoms with Crippen LogP contribution in [-0.4, -0.2) is 68.9 Å². The number of rotatable bonds is 5. The van der Waals surface area contributed by atoms with Gasteiger partial charge >= 0.3 is 6.18 Å². The maximum Gasteiger partial charge on any atom is 0.416 e. The normalized spacial score (nSPS) is 15.5. The summed E-state index contributed by atoms with van der Waals surface area (Å²) in [6.07, 6.45) is 0.640. The first-order chi connectivity index (χ1) is 20.4. The van der Waals surface area contributed by atoms with Gasteiger partial charge in [0.2, 0.25) is 0 Å². The van der Waals surface area contributed by atoms with E-state index in [2.05, 4.69) is 42.0 Å². The molecule has 1 saturated heterocycles. The predicted molar refractivity (Wildman–Crippen MR) is 158 cm³/mol. The van der Waals surface area contributed by atoms with Crippen molar-refractivity contribution in [1.29, 1.82) is 0 Å². The fourth-order valence-corrected chi connectivity index (χ4v) is 4.97. The van der Waals surface area contributed by atoms with Crippen molar-refractivity contribution < 1.29 is 18.0 Å². The second-order valence-corrected chi connectivity index (χ2v) is 10.8. The molecule has 3 aromatic heterocycles. The Morgan fingerprint density at radius 2 is 1.84 bits per heavy atom. The Hall–Kier alpha value is -4.60. The van der Waals surface area contributed by atoms with Crippen molar-refractivity contribution in [2.24, 2.45) is 0 Å². The minimum absolute atomic E-state index is 0.0359. The molecule has 1 aliphatic heterocycles. The van der Waals surface area contributed by atoms with Crippen LogP contribution in [0.5, 0.6) is 0 Å². The van der Waals surface area contributed by atoms with Crippen molar-refractivity contribution in [3.8, 4) is 11.8 Å². The van der Waals surface area contributed by atoms with Gasteiger partial charge in [-0.05, 0) is 58.1 Å². The number of likely N-dealkylation sites (tertiary alicyclic amines) is 1. The molecule has 12 heteroatoms. The van der Waals surface area contributed by atoms with E-state index in [1.54, 1.807) is 0 Å². The van der Waals surface area contributed by atoms with Gasteiger partial charge in [0.05, 0.1) is 28.1 Å². The number of hydrogen-bond acceptors (Lipinski definition) is 8. The number of benzene rings is 1. The summed E-state index contributed by atoms with van der Waals surface area (Å²) in [7, 11) is 3.95. The number of pyridine rings is 2. The Kier molecular flexibility index (Phi) is 8.30. The number of nitrogen functional groups attached to an aromatic ring is 1. The number of anilines is 2. The molecule has 0 spiro atoms. The highest BCUT2D eigenvalue weighted by Gasteiger charge is 2.35. The zero-order valence-corrected chi connectivity index (χ0v) is 24.3. The molecule has 1 amide bonds. The zero-order valence-electron chi connectivity index (χ0n) is 24.3. The van der Waals surface area contributed by atoms with Crippen molar-refractivity contribution in [2.45, 2.75) is 39.0 Å². The third-order valence-electron chi connectivity index (χ3n) is 7.52. The molecule has 1 aliphatic rings. The van der Waals surface area contributed by atoms with Crippen LogP contribution in [0, 0.1) is 25.7 Å². The lowest BCUT2D eigenvalue weighted by Gasteiger charge is -2.22. The maximum absolute atomic E-state index is 14.0. The lowest BCUT2D eigenvalue weighted by Crippen LogP contribution is -2.31. The lowest BCUT2D eigenvalue weighted by molar-refractivity contribution is -0.138. The predicted octanol–water partition coefficient (Wildman–Crippen LogP) is 4.43. The zero-order chi connectivity index (χ0) is 30.9. The first-order valence-corrected chi connectivity index (χ1v) is 13.7. The van der Waals surface area contributed by atoms with Crippen LogP contribution in [0.15, 0.2) is 42.9 Å². The highest BCUT2D eigenvalue weighted by Crippen LogP contribution is 2.35. The SMILES string of the molecule is Cc1nc2c(C#Cc3cncc(C(=O)Nc4ccc(CN5CC[C@H](N(C)C)C5)c(C(F)(F)F)c4)c3)cnc(N)c2nc1C. The van der Waals surface area contributed by atoms with E-state index in [9.17, 15) is 18.0 Å². The van der Waals surface area contributed by atoms with E-state index < -0.39 is 17.6 Å². The molecule has 4 heterocycles. The molecule has 0 saturated carbocycles. The average Bonchev–Trinajstić information content (AvgIpc) is 3.43. The largest absolute Gasteiger partial charge is 0.416 e. The van der Waals surface area contributed by atoms with Gasteiger partial charge in [0, 0.05) is 55.5 Å². The van der Waals surface area contributed by atoms with Gasteiger partial charge in [0.25, 0.3) is 5.91 Å². The third kappa shape index (κ3) is 6.74. The first kappa shape index (κ1) is 29.9. The van der Waals surface area contributed by atoms with E-state index in [0.717, 1.165) is 30.4 Å². The molecule has 0 bridgehead atoms. The summed E-state index contributed by atoms with van der Waals surface area (Å²) in [5.74, 6) is 5.57. The minimum atomic E-state index is -4.57. The van der Waals surface area contributed by atoms with Gasteiger partial charge < -0.3 is 16.0 Å². The van der Waals surface area contributed by atoms with Crippen LogP contribution in [0.4, 0.5) is 24.7 Å². The highest BCUT2D eigenvalue weighted by molar-refractivity contribution is 6.04. The Labute approximate surface area is 247 Å². The van der Waals surface area contributed by atoms with Crippen molar-refractivity contribution in [2.75, 3.05) is 38.2 Å². The summed E-state index contributed by atoms with van der Waals surface area (Å²) >= 11 is 0. The third-order valence-corrected chi connectivity index (χ3v) is 7.52. The monoisotopic (exact) mass is 588 g/mol. The fourth-order valence-electron chi connectivity index (χ4n) is 4.97. The van der Waals surface area contributed by atoms with Gasteiger partial charge in [-0.3, -0.25) is 14.7 Å². The molecule has 0 radical (unpaired) electrons. The van der Waals surface area contributed by atoms with Crippen molar-refractivity contribution >= 4 is 28.4 Å². The summed E-state index contributed by atoms with van der Waals surface area (Å²) in [6.45, 7) is 5.27. The average molecular weight is 589 g/mol. The molecular formula is C31H31F3N8O. The van der Waals surface area contributed by atoms with Crippen LogP contribution in [0.1, 0.15) is 50.4 Å². The summed E-state index contributed by atoms with van der Waals surface area (Å²) < 4.78 is 42.1. The topological polar surface area (TPSA) is 113 Å². The summed E-state index contributed by atoms with van der Waals surface area (Å²) in [6, 6.07) is 5.72. The van der Waals surface area contributed by atoms with Crippen LogP contribution < -0.4 is 11.1 Å². The Balaban J connectivity index is 1.35. The van der Waals surface area contributed by atoms with E-state index in [1.807, 2.05) is 32.8 Å². The Bertz CT molecular complexity index is 1760. The van der Waals surface area contributed by atoms with Gasteiger partial charge in [-0.2, -0.15) is 13.2 Å². The highest BCUT2D eigenvalue weighted by atomic mass is 19.4. The van der Waals surface area contributed by atoms with Crippen LogP contribution in [0.3, 0.4) is 0 Å². The summed E-state index contributed by atoms with van der Waals surface area (Å²) in [5.41, 5.74) is 8.90. The lowest BCUT2D eigenvalue weighted by atomic mass is 10.0. The van der Waals surface area contributed by atoms with E-state index in [1.165, 1.54) is 36.8 Å². The minimum Gasteiger partial charge on any atom is -0.382 e. The number of aromatic nitrogens is 4. The van der Waals surface area contributed by atoms with Gasteiger partial charge in [-0.15, -0.1) is 0 Å². The van der Waals surface area contributed by atoms with Crippen LogP contribution in [0.25, 0.3) is 11.0 Å². The molecule has 5 rings (SSSR count). The van der Waals surface area contributed by atoms with Crippen molar-refractivity contribution in [3.05, 3.63) is 82.1 Å². The second-order valence-electron chi connectivity index (χ2n) is 10.8. The molecule has 9 nitrogen and oxygen atoms in total. The molecule has 4 aromatic rings. The molecule has 43 heavy (non-hydrogen) atoms. The second kappa shape index (κ2) is 11.9. The van der Waals surface area contributed by atoms with Crippen LogP contribution in [-0.2, 0) is 12.7 Å². The van der Waals surface area contributed by atoms with Crippen LogP contribution in [0.2, 0.25) is 0 Å². The number of carbonyl (C=O) groups excluding carboxylic acids is 1. The number of nitrogens with one attached hydrogen (secondary N) is 1. The quantitative estimate of drug-likeness (QED) is 0.330. The number of hydrogen-bond donors (Lipinski definition) is 2. The van der Waals surface area contributed by atoms with Gasteiger partial charge in [-0.1, -0.05) is 17.9 Å². The van der Waals surface area contributed by atoms with E-state index in [4.69, 9.17) is 5.73 Å². The van der Waals surface area contributed by atoms with E-state index in [-0.39, 0.29) is 29.2 Å². The first-order valence-electron chi connectivity index (χ1n) is 13.7. The fraction of sp³-hybridized carbons (Fsp3) is 0.323. The smallest absolute Gasteiger partial charge is 0.382 e. The molecular weight excluding hydrogens is 557 g/mol. The van der Waals surface area contributed by atoms with Gasteiger partial charge in [0.1, 0.15) is 11.0 Å². The standard InChI is InChI=1S/C31H31F3N8O/c1-18-19(2)39-28-27(38-18)21(15-37-29(28)35)6-5-20-11-23(14-36-13-20)30(43)40-24-8-7-22(26(12-24)31(32,33)34)16-42-10-9-25(17-42)41(3)4/h7-8,11-15,25H,9-10,16-17H2,1-4H3,(H2,35,37)(H,40,43)/t25-/m0/s1. The number of nitrogens with two attached hydrogens (primary N) is 1. The van der Waals surface area contributed by atoms with E-state index in [0.29, 0.717) is 34.7 Å². The maximum atomic E-state index is 14.0. The van der Waals surface area contributed by atoms with Crippen molar-refractivity contribution in [1.82, 2.24) is 29.7 Å². The van der Waals surface area contributed by atoms with E-state index >= 15 is 0 Å². The van der Waals surface area contributed by atoms with Crippen LogP contribution >= 0.6 is 0 Å². The molecule has 1 atom stereocenters. The molecule has 3 N–H and O–H groups in total. The summed E-state index contributed by atoms with van der Waals surface area (Å²) in [5, 5.41) is 2.57. The van der Waals surface area contributed by atoms with Gasteiger partial charge in [0.15, 0.2) is 5.82 Å². The molecule has 222 valence electrons. The van der Waals surface area contributed by atoms with Crippen molar-refractivity contribution in [3.63, 3.8) is 0 Å². The Morgan fingerprint density at radius 1 is 1.09 bits per heavy atom. The molecule has 0 aliphatic carbocycles. The number of likely N-dealkylation sites (N-methyl/N-ethyl adjacent to an activating group) is 1. The number of aryl methyl sites for hydroxylation is 2. The van der Waals surface area contributed by atoms with Gasteiger partial charge in [-0.25, -0.2) is 15.0 Å². The molecule has 0 unspecified atom stereocenters. The molecule has 1 aromatic carbocycles. The number of halogens is 3. The number of fused-ring (bicyclic) bond motifs is 1. The number of carbonyl (C=O) groups is 1. The number of amides is 1. The molecule has 1 fully saturated rings. The summed E-state index contributed by atoms with van der Waals surface area (Å²) in [4.78, 5) is 34.4. The number of nitrogens with zero attached hydrogens (tertiary/aromatic N) is 6. The Morgan fingerprint density at radius 3 is 2.53 bits per heavy atom. The number of alkyl halides is 3.